The van der Waals surface area contributed by atoms with Crippen LogP contribution in [-0.2, 0) is 15.9 Å². The van der Waals surface area contributed by atoms with E-state index in [-0.39, 0.29) is 6.10 Å². The fourth-order valence-electron chi connectivity index (χ4n) is 2.92. The first kappa shape index (κ1) is 15.3. The van der Waals surface area contributed by atoms with Gasteiger partial charge >= 0.3 is 0 Å². The largest absolute Gasteiger partial charge is 0.388 e. The van der Waals surface area contributed by atoms with Gasteiger partial charge in [0.05, 0.1) is 18.1 Å². The van der Waals surface area contributed by atoms with Crippen LogP contribution in [0.5, 0.6) is 0 Å². The molecular weight excluding hydrogens is 284 g/mol. The molecule has 3 rings (SSSR count). The zero-order valence-corrected chi connectivity index (χ0v) is 13.3. The van der Waals surface area contributed by atoms with Crippen molar-refractivity contribution in [3.8, 4) is 0 Å². The third-order valence-electron chi connectivity index (χ3n) is 4.04. The Morgan fingerprint density at radius 2 is 2.14 bits per heavy atom. The van der Waals surface area contributed by atoms with Gasteiger partial charge in [0.25, 0.3) is 0 Å². The van der Waals surface area contributed by atoms with Crippen LogP contribution in [0.3, 0.4) is 0 Å². The third kappa shape index (κ3) is 2.49. The maximum absolute atomic E-state index is 10.2. The predicted octanol–water partition coefficient (Wildman–Crippen LogP) is 1.32. The lowest BCUT2D eigenvalue weighted by atomic mass is 10.1. The molecule has 7 heteroatoms. The van der Waals surface area contributed by atoms with Crippen LogP contribution in [-0.4, -0.2) is 50.0 Å². The molecule has 2 aromatic heterocycles. The Morgan fingerprint density at radius 1 is 1.36 bits per heavy atom. The van der Waals surface area contributed by atoms with E-state index in [1.54, 1.807) is 19.8 Å². The number of imidazole rings is 1. The molecule has 1 aliphatic heterocycles. The van der Waals surface area contributed by atoms with E-state index in [1.807, 2.05) is 11.5 Å². The van der Waals surface area contributed by atoms with Gasteiger partial charge in [0.2, 0.25) is 0 Å². The fraction of sp³-hybridized carbons (Fsp3) is 0.667. The summed E-state index contributed by atoms with van der Waals surface area (Å²) in [6.45, 7) is 6.11. The standard InChI is InChI=1S/C15H22N4O3/c1-8(2)5-10-11-14(17-6-16-10)19(7-18-11)15-13(21-4)12(20)9(3)22-15/h6-9,12-13,15,20H,5H2,1-4H3/t9-,12-,13+,15-/m1/s1. The summed E-state index contributed by atoms with van der Waals surface area (Å²) in [6, 6.07) is 0. The van der Waals surface area contributed by atoms with Crippen molar-refractivity contribution in [1.29, 1.82) is 0 Å². The number of rotatable bonds is 4. The summed E-state index contributed by atoms with van der Waals surface area (Å²) in [7, 11) is 1.57. The highest BCUT2D eigenvalue weighted by Gasteiger charge is 2.43. The lowest BCUT2D eigenvalue weighted by Crippen LogP contribution is -2.32. The second kappa shape index (κ2) is 5.91. The summed E-state index contributed by atoms with van der Waals surface area (Å²) in [4.78, 5) is 13.1. The van der Waals surface area contributed by atoms with Gasteiger partial charge in [-0.05, 0) is 19.3 Å². The number of ether oxygens (including phenoxy) is 2. The van der Waals surface area contributed by atoms with Crippen LogP contribution in [0.4, 0.5) is 0 Å². The Hall–Kier alpha value is -1.57. The number of hydrogen-bond acceptors (Lipinski definition) is 6. The van der Waals surface area contributed by atoms with Crippen molar-refractivity contribution in [3.05, 3.63) is 18.3 Å². The summed E-state index contributed by atoms with van der Waals surface area (Å²) in [5.74, 6) is 0.486. The number of methoxy groups -OCH3 is 1. The molecule has 3 heterocycles. The van der Waals surface area contributed by atoms with Crippen LogP contribution >= 0.6 is 0 Å². The molecule has 0 spiro atoms. The molecule has 0 aromatic carbocycles. The number of nitrogens with zero attached hydrogens (tertiary/aromatic N) is 4. The van der Waals surface area contributed by atoms with E-state index in [4.69, 9.17) is 9.47 Å². The van der Waals surface area contributed by atoms with Crippen molar-refractivity contribution in [2.24, 2.45) is 5.92 Å². The number of hydrogen-bond donors (Lipinski definition) is 1. The predicted molar refractivity (Wildman–Crippen MR) is 80.3 cm³/mol. The van der Waals surface area contributed by atoms with Crippen LogP contribution in [0.15, 0.2) is 12.7 Å². The zero-order valence-electron chi connectivity index (χ0n) is 13.3. The molecular formula is C15H22N4O3. The molecule has 4 atom stereocenters. The first-order valence-electron chi connectivity index (χ1n) is 7.55. The Labute approximate surface area is 129 Å². The second-order valence-corrected chi connectivity index (χ2v) is 6.17. The van der Waals surface area contributed by atoms with Gasteiger partial charge in [-0.1, -0.05) is 13.8 Å². The van der Waals surface area contributed by atoms with Crippen LogP contribution in [0.1, 0.15) is 32.7 Å². The fourth-order valence-corrected chi connectivity index (χ4v) is 2.92. The monoisotopic (exact) mass is 306 g/mol. The van der Waals surface area contributed by atoms with Gasteiger partial charge < -0.3 is 14.6 Å². The lowest BCUT2D eigenvalue weighted by Gasteiger charge is -2.20. The first-order valence-corrected chi connectivity index (χ1v) is 7.55. The highest BCUT2D eigenvalue weighted by molar-refractivity contribution is 5.73. The normalized spacial score (nSPS) is 28.8. The minimum Gasteiger partial charge on any atom is -0.388 e. The minimum absolute atomic E-state index is 0.302. The zero-order chi connectivity index (χ0) is 15.9. The van der Waals surface area contributed by atoms with Gasteiger partial charge in [-0.15, -0.1) is 0 Å². The van der Waals surface area contributed by atoms with Crippen molar-refractivity contribution < 1.29 is 14.6 Å². The summed E-state index contributed by atoms with van der Waals surface area (Å²) >= 11 is 0. The van der Waals surface area contributed by atoms with Crippen LogP contribution in [0, 0.1) is 5.92 Å². The van der Waals surface area contributed by atoms with Crippen LogP contribution in [0.25, 0.3) is 11.2 Å². The quantitative estimate of drug-likeness (QED) is 0.917. The number of fused-ring (bicyclic) bond motifs is 1. The molecule has 7 nitrogen and oxygen atoms in total. The number of aromatic nitrogens is 4. The van der Waals surface area contributed by atoms with Gasteiger partial charge in [-0.3, -0.25) is 4.57 Å². The lowest BCUT2D eigenvalue weighted by molar-refractivity contribution is -0.0472. The summed E-state index contributed by atoms with van der Waals surface area (Å²) in [5, 5.41) is 10.2. The average molecular weight is 306 g/mol. The van der Waals surface area contributed by atoms with E-state index in [0.29, 0.717) is 11.6 Å². The van der Waals surface area contributed by atoms with Gasteiger partial charge in [-0.25, -0.2) is 15.0 Å². The first-order chi connectivity index (χ1) is 10.5. The van der Waals surface area contributed by atoms with Gasteiger partial charge in [-0.2, -0.15) is 0 Å². The van der Waals surface area contributed by atoms with E-state index in [2.05, 4.69) is 28.8 Å². The Balaban J connectivity index is 2.02. The van der Waals surface area contributed by atoms with E-state index >= 15 is 0 Å². The summed E-state index contributed by atoms with van der Waals surface area (Å²) < 4.78 is 13.1. The van der Waals surface area contributed by atoms with Crippen molar-refractivity contribution in [1.82, 2.24) is 19.5 Å². The molecule has 0 radical (unpaired) electrons. The Morgan fingerprint density at radius 3 is 2.82 bits per heavy atom. The van der Waals surface area contributed by atoms with Crippen molar-refractivity contribution in [3.63, 3.8) is 0 Å². The van der Waals surface area contributed by atoms with E-state index in [9.17, 15) is 5.11 Å². The van der Waals surface area contributed by atoms with Crippen LogP contribution in [0.2, 0.25) is 0 Å². The van der Waals surface area contributed by atoms with E-state index < -0.39 is 18.4 Å². The molecule has 1 saturated heterocycles. The molecule has 120 valence electrons. The average Bonchev–Trinajstić information content (AvgIpc) is 3.01. The minimum atomic E-state index is -0.676. The topological polar surface area (TPSA) is 82.3 Å². The Bertz CT molecular complexity index is 657. The highest BCUT2D eigenvalue weighted by atomic mass is 16.6. The van der Waals surface area contributed by atoms with Crippen molar-refractivity contribution >= 4 is 11.2 Å². The number of aliphatic hydroxyl groups excluding tert-OH is 1. The molecule has 1 aliphatic rings. The summed E-state index contributed by atoms with van der Waals surface area (Å²) in [5.41, 5.74) is 2.42. The third-order valence-corrected chi connectivity index (χ3v) is 4.04. The molecule has 0 saturated carbocycles. The SMILES string of the molecule is CO[C@H]1[C@H](O)[C@@H](C)O[C@H]1n1cnc2c(CC(C)C)ncnc21. The van der Waals surface area contributed by atoms with Gasteiger partial charge in [0, 0.05) is 7.11 Å². The van der Waals surface area contributed by atoms with Crippen molar-refractivity contribution in [2.45, 2.75) is 51.7 Å². The molecule has 0 unspecified atom stereocenters. The second-order valence-electron chi connectivity index (χ2n) is 6.17. The molecule has 22 heavy (non-hydrogen) atoms. The van der Waals surface area contributed by atoms with Crippen molar-refractivity contribution in [2.75, 3.05) is 7.11 Å². The molecule has 1 fully saturated rings. The highest BCUT2D eigenvalue weighted by Crippen LogP contribution is 2.33. The molecule has 0 bridgehead atoms. The smallest absolute Gasteiger partial charge is 0.165 e. The molecule has 0 amide bonds. The maximum atomic E-state index is 10.2. The van der Waals surface area contributed by atoms with E-state index in [1.165, 1.54) is 0 Å². The molecule has 0 aliphatic carbocycles. The summed E-state index contributed by atoms with van der Waals surface area (Å²) in [6.07, 6.45) is 2.21. The number of aliphatic hydroxyl groups is 1. The van der Waals surface area contributed by atoms with E-state index in [0.717, 1.165) is 17.6 Å². The van der Waals surface area contributed by atoms with Gasteiger partial charge in [0.15, 0.2) is 11.9 Å². The molecule has 1 N–H and O–H groups in total. The Kier molecular flexibility index (Phi) is 4.12. The maximum Gasteiger partial charge on any atom is 0.165 e. The van der Waals surface area contributed by atoms with Gasteiger partial charge in [0.1, 0.15) is 24.1 Å². The van der Waals surface area contributed by atoms with Crippen LogP contribution < -0.4 is 0 Å². The molecule has 2 aromatic rings.